The van der Waals surface area contributed by atoms with Gasteiger partial charge in [-0.15, -0.1) is 0 Å². The van der Waals surface area contributed by atoms with Crippen LogP contribution in [0.3, 0.4) is 0 Å². The first-order valence-electron chi connectivity index (χ1n) is 10.8. The van der Waals surface area contributed by atoms with Crippen molar-refractivity contribution in [3.8, 4) is 5.75 Å². The van der Waals surface area contributed by atoms with Crippen molar-refractivity contribution < 1.29 is 28.7 Å². The van der Waals surface area contributed by atoms with Crippen molar-refractivity contribution in [2.24, 2.45) is 0 Å². The lowest BCUT2D eigenvalue weighted by molar-refractivity contribution is 0.00578. The second-order valence-corrected chi connectivity index (χ2v) is 9.06. The number of ether oxygens (including phenoxy) is 1. The molecule has 2 aromatic carbocycles. The number of Topliss-reactive ketones (excluding diaryl/α,β-unsaturated/α-hetero) is 1. The number of nitrogens with one attached hydrogen (secondary N) is 1. The fourth-order valence-electron chi connectivity index (χ4n) is 3.30. The topological polar surface area (TPSA) is 94.1 Å². The second-order valence-electron chi connectivity index (χ2n) is 9.06. The van der Waals surface area contributed by atoms with E-state index in [0.29, 0.717) is 11.0 Å². The third-order valence-electron chi connectivity index (χ3n) is 5.96. The van der Waals surface area contributed by atoms with Gasteiger partial charge in [-0.2, -0.15) is 0 Å². The Hall–Kier alpha value is -3.10. The van der Waals surface area contributed by atoms with Crippen LogP contribution in [0.25, 0.3) is 6.08 Å². The Morgan fingerprint density at radius 2 is 1.70 bits per heavy atom. The van der Waals surface area contributed by atoms with Gasteiger partial charge in [0.25, 0.3) is 0 Å². The van der Waals surface area contributed by atoms with Gasteiger partial charge in [0.1, 0.15) is 12.4 Å². The van der Waals surface area contributed by atoms with E-state index in [0.717, 1.165) is 5.56 Å². The number of phenolic OH excluding ortho intramolecular Hbond substituents is 1. The Kier molecular flexibility index (Phi) is 7.30. The van der Waals surface area contributed by atoms with Gasteiger partial charge in [0, 0.05) is 6.54 Å². The first kappa shape index (κ1) is 24.5. The van der Waals surface area contributed by atoms with Crippen molar-refractivity contribution in [3.63, 3.8) is 0 Å². The number of rotatable bonds is 7. The Balaban J connectivity index is 1.77. The zero-order chi connectivity index (χ0) is 24.2. The summed E-state index contributed by atoms with van der Waals surface area (Å²) in [4.78, 5) is 23.9. The number of carbonyl (C=O) groups excluding carboxylic acids is 2. The SMILES string of the molecule is CC(=O)c1ccc(C=C(CNC(=O)OCc2ccccc2)B2OC(C)(C)C(C)(C)O2)cc1O. The third-order valence-corrected chi connectivity index (χ3v) is 5.96. The van der Waals surface area contributed by atoms with Gasteiger partial charge in [-0.25, -0.2) is 4.79 Å². The molecule has 1 saturated heterocycles. The summed E-state index contributed by atoms with van der Waals surface area (Å²) in [6.07, 6.45) is 1.19. The molecule has 2 N–H and O–H groups in total. The molecule has 0 spiro atoms. The van der Waals surface area contributed by atoms with E-state index in [9.17, 15) is 14.7 Å². The van der Waals surface area contributed by atoms with Crippen LogP contribution in [-0.2, 0) is 20.7 Å². The van der Waals surface area contributed by atoms with E-state index in [1.807, 2.05) is 58.0 Å². The minimum absolute atomic E-state index is 0.111. The lowest BCUT2D eigenvalue weighted by Crippen LogP contribution is -2.41. The van der Waals surface area contributed by atoms with E-state index in [1.54, 1.807) is 18.2 Å². The number of carbonyl (C=O) groups is 2. The quantitative estimate of drug-likeness (QED) is 0.475. The standard InChI is InChI=1S/C25H30BNO6/c1-17(28)21-12-11-19(14-22(21)29)13-20(26-32-24(2,3)25(4,5)33-26)15-27-23(30)31-16-18-9-7-6-8-10-18/h6-14,29H,15-16H2,1-5H3,(H,27,30). The Bertz CT molecular complexity index is 1030. The molecule has 1 aliphatic heterocycles. The number of benzene rings is 2. The van der Waals surface area contributed by atoms with E-state index < -0.39 is 24.4 Å². The third kappa shape index (κ3) is 6.03. The number of hydrogen-bond acceptors (Lipinski definition) is 6. The number of phenols is 1. The van der Waals surface area contributed by atoms with E-state index in [1.165, 1.54) is 13.0 Å². The van der Waals surface area contributed by atoms with E-state index in [4.69, 9.17) is 14.0 Å². The van der Waals surface area contributed by atoms with Crippen LogP contribution in [0, 0.1) is 0 Å². The molecule has 8 heteroatoms. The van der Waals surface area contributed by atoms with Gasteiger partial charge in [0.2, 0.25) is 0 Å². The molecule has 0 atom stereocenters. The van der Waals surface area contributed by atoms with Gasteiger partial charge in [-0.1, -0.05) is 42.5 Å². The van der Waals surface area contributed by atoms with Crippen LogP contribution in [0.15, 0.2) is 54.0 Å². The molecule has 0 bridgehead atoms. The van der Waals surface area contributed by atoms with E-state index >= 15 is 0 Å². The minimum Gasteiger partial charge on any atom is -0.507 e. The largest absolute Gasteiger partial charge is 0.507 e. The summed E-state index contributed by atoms with van der Waals surface area (Å²) < 4.78 is 17.6. The summed E-state index contributed by atoms with van der Waals surface area (Å²) in [6, 6.07) is 14.2. The molecular weight excluding hydrogens is 421 g/mol. The lowest BCUT2D eigenvalue weighted by atomic mass is 9.77. The van der Waals surface area contributed by atoms with Gasteiger partial charge >= 0.3 is 13.2 Å². The van der Waals surface area contributed by atoms with Crippen molar-refractivity contribution in [2.45, 2.75) is 52.4 Å². The molecule has 0 unspecified atom stereocenters. The molecule has 0 aromatic heterocycles. The molecule has 1 fully saturated rings. The molecule has 33 heavy (non-hydrogen) atoms. The summed E-state index contributed by atoms with van der Waals surface area (Å²) in [5.74, 6) is -0.336. The monoisotopic (exact) mass is 451 g/mol. The highest BCUT2D eigenvalue weighted by Crippen LogP contribution is 2.38. The molecule has 7 nitrogen and oxygen atoms in total. The molecule has 2 aromatic rings. The van der Waals surface area contributed by atoms with Crippen LogP contribution >= 0.6 is 0 Å². The first-order chi connectivity index (χ1) is 15.5. The zero-order valence-electron chi connectivity index (χ0n) is 19.7. The predicted molar refractivity (Wildman–Crippen MR) is 127 cm³/mol. The first-order valence-corrected chi connectivity index (χ1v) is 10.8. The fourth-order valence-corrected chi connectivity index (χ4v) is 3.30. The summed E-state index contributed by atoms with van der Waals surface area (Å²) in [6.45, 7) is 9.44. The van der Waals surface area contributed by atoms with Crippen LogP contribution in [0.2, 0.25) is 0 Å². The van der Waals surface area contributed by atoms with Gasteiger partial charge in [-0.3, -0.25) is 4.79 Å². The van der Waals surface area contributed by atoms with Gasteiger partial charge < -0.3 is 24.5 Å². The van der Waals surface area contributed by atoms with Gasteiger partial charge in [0.15, 0.2) is 5.78 Å². The maximum absolute atomic E-state index is 12.3. The Morgan fingerprint density at radius 1 is 1.06 bits per heavy atom. The van der Waals surface area contributed by atoms with Crippen molar-refractivity contribution in [1.82, 2.24) is 5.32 Å². The fraction of sp³-hybridized carbons (Fsp3) is 0.360. The van der Waals surface area contributed by atoms with Crippen LogP contribution in [-0.4, -0.2) is 41.8 Å². The van der Waals surface area contributed by atoms with Crippen LogP contribution in [0.1, 0.15) is 56.1 Å². The molecule has 3 rings (SSSR count). The van der Waals surface area contributed by atoms with Crippen molar-refractivity contribution >= 4 is 25.1 Å². The molecule has 0 radical (unpaired) electrons. The van der Waals surface area contributed by atoms with Crippen molar-refractivity contribution in [1.29, 1.82) is 0 Å². The van der Waals surface area contributed by atoms with Crippen LogP contribution in [0.5, 0.6) is 5.75 Å². The molecular formula is C25H30BNO6. The highest BCUT2D eigenvalue weighted by atomic mass is 16.7. The van der Waals surface area contributed by atoms with Crippen LogP contribution < -0.4 is 5.32 Å². The molecule has 1 amide bonds. The summed E-state index contributed by atoms with van der Waals surface area (Å²) in [5, 5.41) is 12.9. The smallest absolute Gasteiger partial charge is 0.492 e. The molecule has 1 heterocycles. The average Bonchev–Trinajstić information content (AvgIpc) is 2.97. The van der Waals surface area contributed by atoms with E-state index in [2.05, 4.69) is 5.32 Å². The molecule has 174 valence electrons. The summed E-state index contributed by atoms with van der Waals surface area (Å²) in [5.41, 5.74) is 1.28. The maximum Gasteiger partial charge on any atom is 0.492 e. The number of aromatic hydroxyl groups is 1. The summed E-state index contributed by atoms with van der Waals surface area (Å²) in [7, 11) is -0.709. The van der Waals surface area contributed by atoms with Crippen LogP contribution in [0.4, 0.5) is 4.79 Å². The zero-order valence-corrected chi connectivity index (χ0v) is 19.7. The normalized spacial score (nSPS) is 17.0. The minimum atomic E-state index is -0.709. The summed E-state index contributed by atoms with van der Waals surface area (Å²) >= 11 is 0. The second kappa shape index (κ2) is 9.81. The Labute approximate surface area is 194 Å². The average molecular weight is 451 g/mol. The van der Waals surface area contributed by atoms with Crippen molar-refractivity contribution in [3.05, 3.63) is 70.7 Å². The van der Waals surface area contributed by atoms with E-state index in [-0.39, 0.29) is 30.2 Å². The number of ketones is 1. The van der Waals surface area contributed by atoms with Gasteiger partial charge in [-0.05, 0) is 63.4 Å². The predicted octanol–water partition coefficient (Wildman–Crippen LogP) is 4.54. The number of alkyl carbamates (subject to hydrolysis) is 1. The Morgan fingerprint density at radius 3 is 2.27 bits per heavy atom. The maximum atomic E-state index is 12.3. The molecule has 0 aliphatic carbocycles. The van der Waals surface area contributed by atoms with Gasteiger partial charge in [0.05, 0.1) is 16.8 Å². The number of hydrogen-bond donors (Lipinski definition) is 2. The molecule has 0 saturated carbocycles. The highest BCUT2D eigenvalue weighted by molar-refractivity contribution is 6.56. The van der Waals surface area contributed by atoms with Crippen molar-refractivity contribution in [2.75, 3.05) is 6.54 Å². The molecule has 1 aliphatic rings. The highest BCUT2D eigenvalue weighted by Gasteiger charge is 2.52. The number of amides is 1. The lowest BCUT2D eigenvalue weighted by Gasteiger charge is -2.32.